The van der Waals surface area contributed by atoms with E-state index >= 15 is 0 Å². The first kappa shape index (κ1) is 11.9. The lowest BCUT2D eigenvalue weighted by Crippen LogP contribution is -2.41. The Morgan fingerprint density at radius 3 is 2.69 bits per heavy atom. The van der Waals surface area contributed by atoms with Gasteiger partial charge in [0.1, 0.15) is 11.6 Å². The van der Waals surface area contributed by atoms with Gasteiger partial charge in [0.25, 0.3) is 0 Å². The number of ether oxygens (including phenoxy) is 1. The summed E-state index contributed by atoms with van der Waals surface area (Å²) >= 11 is 0. The van der Waals surface area contributed by atoms with Crippen molar-refractivity contribution in [3.05, 3.63) is 0 Å². The smallest absolute Gasteiger partial charge is 0.326 e. The minimum atomic E-state index is -0.425. The fourth-order valence-electron chi connectivity index (χ4n) is 2.49. The van der Waals surface area contributed by atoms with E-state index in [0.717, 1.165) is 12.8 Å². The lowest BCUT2D eigenvalue weighted by atomic mass is 9.83. The first-order valence-corrected chi connectivity index (χ1v) is 6.11. The number of rotatable bonds is 1. The lowest BCUT2D eigenvalue weighted by molar-refractivity contribution is -0.159. The number of hydrogen-bond donors (Lipinski definition) is 1. The first-order chi connectivity index (χ1) is 7.47. The van der Waals surface area contributed by atoms with Gasteiger partial charge < -0.3 is 4.74 Å². The van der Waals surface area contributed by atoms with E-state index in [1.54, 1.807) is 0 Å². The number of carbonyl (C=O) groups is 1. The molecule has 0 aromatic rings. The van der Waals surface area contributed by atoms with Crippen LogP contribution in [0.25, 0.3) is 0 Å². The first-order valence-electron chi connectivity index (χ1n) is 6.11. The maximum absolute atomic E-state index is 12.0. The SMILES string of the molecule is CC(C)(C)OC(=O)C1NOC2CCCCC21. The average molecular weight is 227 g/mol. The zero-order valence-electron chi connectivity index (χ0n) is 10.3. The van der Waals surface area contributed by atoms with Crippen LogP contribution < -0.4 is 5.48 Å². The Kier molecular flexibility index (Phi) is 3.22. The van der Waals surface area contributed by atoms with Gasteiger partial charge in [-0.3, -0.25) is 9.63 Å². The molecule has 92 valence electrons. The Hall–Kier alpha value is -0.610. The number of fused-ring (bicyclic) bond motifs is 1. The summed E-state index contributed by atoms with van der Waals surface area (Å²) < 4.78 is 5.39. The maximum atomic E-state index is 12.0. The second kappa shape index (κ2) is 4.34. The Labute approximate surface area is 96.6 Å². The van der Waals surface area contributed by atoms with Gasteiger partial charge >= 0.3 is 5.97 Å². The van der Waals surface area contributed by atoms with Crippen molar-refractivity contribution in [1.82, 2.24) is 5.48 Å². The van der Waals surface area contributed by atoms with E-state index in [2.05, 4.69) is 5.48 Å². The third-order valence-electron chi connectivity index (χ3n) is 3.19. The van der Waals surface area contributed by atoms with Crippen LogP contribution in [-0.2, 0) is 14.4 Å². The van der Waals surface area contributed by atoms with Crippen LogP contribution in [0.3, 0.4) is 0 Å². The highest BCUT2D eigenvalue weighted by atomic mass is 16.7. The normalized spacial score (nSPS) is 34.6. The van der Waals surface area contributed by atoms with Crippen LogP contribution in [0.4, 0.5) is 0 Å². The molecule has 3 atom stereocenters. The predicted molar refractivity (Wildman–Crippen MR) is 59.6 cm³/mol. The largest absolute Gasteiger partial charge is 0.459 e. The molecule has 0 radical (unpaired) electrons. The summed E-state index contributed by atoms with van der Waals surface area (Å²) in [6.45, 7) is 5.66. The number of nitrogens with one attached hydrogen (secondary N) is 1. The fourth-order valence-corrected chi connectivity index (χ4v) is 2.49. The molecule has 1 saturated heterocycles. The van der Waals surface area contributed by atoms with Crippen molar-refractivity contribution in [3.63, 3.8) is 0 Å². The molecule has 0 amide bonds. The summed E-state index contributed by atoms with van der Waals surface area (Å²) in [4.78, 5) is 17.4. The summed E-state index contributed by atoms with van der Waals surface area (Å²) in [5.74, 6) is 0.116. The monoisotopic (exact) mass is 227 g/mol. The van der Waals surface area contributed by atoms with E-state index in [1.165, 1.54) is 12.8 Å². The van der Waals surface area contributed by atoms with Crippen LogP contribution in [0.1, 0.15) is 46.5 Å². The van der Waals surface area contributed by atoms with Crippen molar-refractivity contribution in [3.8, 4) is 0 Å². The summed E-state index contributed by atoms with van der Waals surface area (Å²) in [5, 5.41) is 0. The number of esters is 1. The summed E-state index contributed by atoms with van der Waals surface area (Å²) in [5.41, 5.74) is 2.42. The van der Waals surface area contributed by atoms with E-state index in [-0.39, 0.29) is 18.1 Å². The Bertz CT molecular complexity index is 272. The van der Waals surface area contributed by atoms with Gasteiger partial charge in [0, 0.05) is 5.92 Å². The van der Waals surface area contributed by atoms with Crippen molar-refractivity contribution >= 4 is 5.97 Å². The van der Waals surface area contributed by atoms with Crippen LogP contribution in [0, 0.1) is 5.92 Å². The maximum Gasteiger partial charge on any atom is 0.326 e. The van der Waals surface area contributed by atoms with Crippen LogP contribution >= 0.6 is 0 Å². The molecule has 2 rings (SSSR count). The lowest BCUT2D eigenvalue weighted by Gasteiger charge is -2.27. The quantitative estimate of drug-likeness (QED) is 0.694. The molecule has 2 fully saturated rings. The molecule has 0 spiro atoms. The molecular formula is C12H21NO3. The van der Waals surface area contributed by atoms with Gasteiger partial charge in [-0.05, 0) is 33.6 Å². The number of hydroxylamine groups is 1. The summed E-state index contributed by atoms with van der Waals surface area (Å²) in [7, 11) is 0. The molecule has 1 aliphatic carbocycles. The number of carbonyl (C=O) groups excluding carboxylic acids is 1. The Morgan fingerprint density at radius 1 is 1.31 bits per heavy atom. The molecule has 4 nitrogen and oxygen atoms in total. The summed E-state index contributed by atoms with van der Waals surface area (Å²) in [6, 6.07) is -0.274. The van der Waals surface area contributed by atoms with Crippen LogP contribution in [0.2, 0.25) is 0 Å². The zero-order chi connectivity index (χ0) is 11.8. The van der Waals surface area contributed by atoms with Gasteiger partial charge in [-0.25, -0.2) is 0 Å². The van der Waals surface area contributed by atoms with Crippen LogP contribution in [0.5, 0.6) is 0 Å². The molecule has 3 unspecified atom stereocenters. The van der Waals surface area contributed by atoms with Gasteiger partial charge in [-0.2, -0.15) is 5.48 Å². The molecule has 16 heavy (non-hydrogen) atoms. The molecule has 1 heterocycles. The van der Waals surface area contributed by atoms with Gasteiger partial charge in [0.2, 0.25) is 0 Å². The van der Waals surface area contributed by atoms with Gasteiger partial charge in [-0.1, -0.05) is 12.8 Å². The standard InChI is InChI=1S/C12H21NO3/c1-12(2,3)15-11(14)10-8-6-4-5-7-9(8)16-13-10/h8-10,13H,4-7H2,1-3H3. The Balaban J connectivity index is 1.97. The molecular weight excluding hydrogens is 206 g/mol. The minimum Gasteiger partial charge on any atom is -0.459 e. The molecule has 1 saturated carbocycles. The predicted octanol–water partition coefficient (Wildman–Crippen LogP) is 1.79. The van der Waals surface area contributed by atoms with E-state index in [9.17, 15) is 4.79 Å². The molecule has 0 bridgehead atoms. The van der Waals surface area contributed by atoms with Crippen LogP contribution in [0.15, 0.2) is 0 Å². The average Bonchev–Trinajstić information content (AvgIpc) is 2.58. The molecule has 0 aromatic heterocycles. The fraction of sp³-hybridized carbons (Fsp3) is 0.917. The van der Waals surface area contributed by atoms with Crippen molar-refractivity contribution < 1.29 is 14.4 Å². The molecule has 4 heteroatoms. The highest BCUT2D eigenvalue weighted by Crippen LogP contribution is 2.33. The van der Waals surface area contributed by atoms with Crippen LogP contribution in [-0.4, -0.2) is 23.7 Å². The van der Waals surface area contributed by atoms with Crippen molar-refractivity contribution in [2.24, 2.45) is 5.92 Å². The third kappa shape index (κ3) is 2.55. The van der Waals surface area contributed by atoms with Crippen molar-refractivity contribution in [2.75, 3.05) is 0 Å². The van der Waals surface area contributed by atoms with E-state index < -0.39 is 5.60 Å². The third-order valence-corrected chi connectivity index (χ3v) is 3.19. The molecule has 1 aliphatic heterocycles. The topological polar surface area (TPSA) is 47.6 Å². The van der Waals surface area contributed by atoms with Gasteiger partial charge in [0.15, 0.2) is 0 Å². The highest BCUT2D eigenvalue weighted by Gasteiger charge is 2.44. The molecule has 2 aliphatic rings. The van der Waals surface area contributed by atoms with E-state index in [4.69, 9.17) is 9.57 Å². The number of hydrogen-bond acceptors (Lipinski definition) is 4. The summed E-state index contributed by atoms with van der Waals surface area (Å²) in [6.07, 6.45) is 4.69. The van der Waals surface area contributed by atoms with Gasteiger partial charge in [-0.15, -0.1) is 0 Å². The minimum absolute atomic E-state index is 0.179. The Morgan fingerprint density at radius 2 is 2.00 bits per heavy atom. The van der Waals surface area contributed by atoms with E-state index in [1.807, 2.05) is 20.8 Å². The van der Waals surface area contributed by atoms with Gasteiger partial charge in [0.05, 0.1) is 6.10 Å². The van der Waals surface area contributed by atoms with E-state index in [0.29, 0.717) is 5.92 Å². The van der Waals surface area contributed by atoms with Crippen molar-refractivity contribution in [1.29, 1.82) is 0 Å². The molecule has 1 N–H and O–H groups in total. The molecule has 0 aromatic carbocycles. The second-order valence-electron chi connectivity index (χ2n) is 5.73. The highest BCUT2D eigenvalue weighted by molar-refractivity contribution is 5.76. The zero-order valence-corrected chi connectivity index (χ0v) is 10.3. The van der Waals surface area contributed by atoms with Crippen molar-refractivity contribution in [2.45, 2.75) is 64.2 Å². The second-order valence-corrected chi connectivity index (χ2v) is 5.73.